The number of carbonyl (C=O) groups excluding carboxylic acids is 1. The number of hydrogen-bond donors (Lipinski definition) is 1. The van der Waals surface area contributed by atoms with Crippen LogP contribution in [0.15, 0.2) is 12.1 Å². The molecule has 0 amide bonds. The Bertz CT molecular complexity index is 587. The summed E-state index contributed by atoms with van der Waals surface area (Å²) in [7, 11) is -2.14. The van der Waals surface area contributed by atoms with Crippen molar-refractivity contribution >= 4 is 21.5 Å². The maximum absolute atomic E-state index is 13.6. The number of halogens is 2. The van der Waals surface area contributed by atoms with E-state index in [1.54, 1.807) is 0 Å². The van der Waals surface area contributed by atoms with Crippen LogP contribution in [0.25, 0.3) is 0 Å². The highest BCUT2D eigenvalue weighted by Crippen LogP contribution is 2.21. The van der Waals surface area contributed by atoms with Crippen molar-refractivity contribution < 1.29 is 26.7 Å². The molecule has 1 N–H and O–H groups in total. The van der Waals surface area contributed by atoms with Gasteiger partial charge in [0.25, 0.3) is 0 Å². The van der Waals surface area contributed by atoms with Crippen LogP contribution in [-0.4, -0.2) is 40.1 Å². The Hall–Kier alpha value is -1.70. The first-order valence-corrected chi connectivity index (χ1v) is 7.30. The number of benzene rings is 1. The van der Waals surface area contributed by atoms with Crippen molar-refractivity contribution in [3.63, 3.8) is 0 Å². The summed E-state index contributed by atoms with van der Waals surface area (Å²) in [5.41, 5.74) is -0.734. The summed E-state index contributed by atoms with van der Waals surface area (Å²) in [6.07, 6.45) is 1.03. The summed E-state index contributed by atoms with van der Waals surface area (Å²) in [5, 5.41) is 2.45. The van der Waals surface area contributed by atoms with Crippen molar-refractivity contribution in [2.75, 3.05) is 31.0 Å². The van der Waals surface area contributed by atoms with E-state index in [9.17, 15) is 22.0 Å². The molecule has 0 bridgehead atoms. The first-order chi connectivity index (χ1) is 8.76. The molecule has 0 heterocycles. The van der Waals surface area contributed by atoms with E-state index in [-0.39, 0.29) is 18.0 Å². The lowest BCUT2D eigenvalue weighted by molar-refractivity contribution is 0.0594. The van der Waals surface area contributed by atoms with Crippen LogP contribution in [0.3, 0.4) is 0 Å². The van der Waals surface area contributed by atoms with Gasteiger partial charge in [0.2, 0.25) is 0 Å². The third-order valence-electron chi connectivity index (χ3n) is 2.28. The van der Waals surface area contributed by atoms with E-state index in [4.69, 9.17) is 0 Å². The Kier molecular flexibility index (Phi) is 4.82. The van der Waals surface area contributed by atoms with Gasteiger partial charge in [0, 0.05) is 12.8 Å². The molecule has 0 atom stereocenters. The standard InChI is InChI=1S/C11H13F2NO4S/c1-18-11(15)7-3-4-8(10(13)9(7)12)14-5-6-19(2,16)17/h3-4,14H,5-6H2,1-2H3. The minimum absolute atomic E-state index is 0.0627. The summed E-state index contributed by atoms with van der Waals surface area (Å²) < 4.78 is 53.2. The molecule has 106 valence electrons. The molecule has 1 aromatic rings. The van der Waals surface area contributed by atoms with Gasteiger partial charge in [-0.15, -0.1) is 0 Å². The van der Waals surface area contributed by atoms with E-state index >= 15 is 0 Å². The predicted octanol–water partition coefficient (Wildman–Crippen LogP) is 1.21. The molecule has 0 fully saturated rings. The molecular weight excluding hydrogens is 280 g/mol. The highest BCUT2D eigenvalue weighted by Gasteiger charge is 2.19. The number of nitrogens with one attached hydrogen (secondary N) is 1. The van der Waals surface area contributed by atoms with Crippen LogP contribution in [0, 0.1) is 11.6 Å². The second-order valence-electron chi connectivity index (χ2n) is 3.84. The first-order valence-electron chi connectivity index (χ1n) is 5.24. The second kappa shape index (κ2) is 5.96. The topological polar surface area (TPSA) is 72.5 Å². The molecule has 0 spiro atoms. The van der Waals surface area contributed by atoms with Crippen molar-refractivity contribution in [3.8, 4) is 0 Å². The molecular formula is C11H13F2NO4S. The molecule has 1 aromatic carbocycles. The van der Waals surface area contributed by atoms with E-state index < -0.39 is 33.0 Å². The maximum Gasteiger partial charge on any atom is 0.340 e. The van der Waals surface area contributed by atoms with Crippen LogP contribution in [-0.2, 0) is 14.6 Å². The number of anilines is 1. The lowest BCUT2D eigenvalue weighted by Gasteiger charge is -2.09. The zero-order chi connectivity index (χ0) is 14.6. The summed E-state index contributed by atoms with van der Waals surface area (Å²) >= 11 is 0. The highest BCUT2D eigenvalue weighted by atomic mass is 32.2. The van der Waals surface area contributed by atoms with Crippen LogP contribution in [0.5, 0.6) is 0 Å². The lowest BCUT2D eigenvalue weighted by Crippen LogP contribution is -2.16. The fourth-order valence-electron chi connectivity index (χ4n) is 1.32. The van der Waals surface area contributed by atoms with Gasteiger partial charge < -0.3 is 10.1 Å². The summed E-state index contributed by atoms with van der Waals surface area (Å²) in [6.45, 7) is -0.0627. The highest BCUT2D eigenvalue weighted by molar-refractivity contribution is 7.90. The Morgan fingerprint density at radius 2 is 1.95 bits per heavy atom. The van der Waals surface area contributed by atoms with Crippen molar-refractivity contribution in [2.24, 2.45) is 0 Å². The largest absolute Gasteiger partial charge is 0.465 e. The van der Waals surface area contributed by atoms with Crippen molar-refractivity contribution in [2.45, 2.75) is 0 Å². The van der Waals surface area contributed by atoms with Gasteiger partial charge in [0.1, 0.15) is 9.84 Å². The summed E-state index contributed by atoms with van der Waals surface area (Å²) in [4.78, 5) is 11.1. The molecule has 0 aliphatic rings. The van der Waals surface area contributed by atoms with Crippen molar-refractivity contribution in [3.05, 3.63) is 29.3 Å². The van der Waals surface area contributed by atoms with E-state index in [1.165, 1.54) is 0 Å². The zero-order valence-electron chi connectivity index (χ0n) is 10.4. The molecule has 0 aliphatic carbocycles. The predicted molar refractivity (Wildman–Crippen MR) is 65.9 cm³/mol. The van der Waals surface area contributed by atoms with Gasteiger partial charge in [-0.1, -0.05) is 0 Å². The normalized spacial score (nSPS) is 11.2. The average Bonchev–Trinajstić information content (AvgIpc) is 2.32. The summed E-state index contributed by atoms with van der Waals surface area (Å²) in [5.74, 6) is -3.79. The Morgan fingerprint density at radius 1 is 1.32 bits per heavy atom. The number of rotatable bonds is 5. The average molecular weight is 293 g/mol. The van der Waals surface area contributed by atoms with Gasteiger partial charge in [-0.3, -0.25) is 0 Å². The van der Waals surface area contributed by atoms with Crippen LogP contribution in [0.4, 0.5) is 14.5 Å². The van der Waals surface area contributed by atoms with Gasteiger partial charge in [0.05, 0.1) is 24.1 Å². The molecule has 0 aliphatic heterocycles. The van der Waals surface area contributed by atoms with Crippen LogP contribution < -0.4 is 5.32 Å². The number of esters is 1. The number of methoxy groups -OCH3 is 1. The van der Waals surface area contributed by atoms with Gasteiger partial charge >= 0.3 is 5.97 Å². The van der Waals surface area contributed by atoms with Crippen LogP contribution >= 0.6 is 0 Å². The Balaban J connectivity index is 2.88. The monoisotopic (exact) mass is 293 g/mol. The minimum Gasteiger partial charge on any atom is -0.465 e. The Morgan fingerprint density at radius 3 is 2.47 bits per heavy atom. The molecule has 0 radical (unpaired) electrons. The van der Waals surface area contributed by atoms with Gasteiger partial charge in [-0.05, 0) is 12.1 Å². The lowest BCUT2D eigenvalue weighted by atomic mass is 10.2. The first kappa shape index (κ1) is 15.4. The number of hydrogen-bond acceptors (Lipinski definition) is 5. The van der Waals surface area contributed by atoms with E-state index in [2.05, 4.69) is 10.1 Å². The number of sulfone groups is 1. The van der Waals surface area contributed by atoms with E-state index in [0.29, 0.717) is 0 Å². The molecule has 19 heavy (non-hydrogen) atoms. The smallest absolute Gasteiger partial charge is 0.340 e. The SMILES string of the molecule is COC(=O)c1ccc(NCCS(C)(=O)=O)c(F)c1F. The van der Waals surface area contributed by atoms with E-state index in [0.717, 1.165) is 25.5 Å². The fourth-order valence-corrected chi connectivity index (χ4v) is 1.80. The van der Waals surface area contributed by atoms with E-state index in [1.807, 2.05) is 0 Å². The molecule has 0 unspecified atom stereocenters. The molecule has 5 nitrogen and oxygen atoms in total. The second-order valence-corrected chi connectivity index (χ2v) is 6.10. The summed E-state index contributed by atoms with van der Waals surface area (Å²) in [6, 6.07) is 2.21. The van der Waals surface area contributed by atoms with Gasteiger partial charge in [0.15, 0.2) is 11.6 Å². The van der Waals surface area contributed by atoms with Crippen LogP contribution in [0.1, 0.15) is 10.4 Å². The van der Waals surface area contributed by atoms with Crippen LogP contribution in [0.2, 0.25) is 0 Å². The maximum atomic E-state index is 13.6. The Labute approximate surface area is 109 Å². The third-order valence-corrected chi connectivity index (χ3v) is 3.22. The number of carbonyl (C=O) groups is 1. The van der Waals surface area contributed by atoms with Gasteiger partial charge in [-0.2, -0.15) is 0 Å². The van der Waals surface area contributed by atoms with Crippen molar-refractivity contribution in [1.29, 1.82) is 0 Å². The fraction of sp³-hybridized carbons (Fsp3) is 0.364. The number of ether oxygens (including phenoxy) is 1. The quantitative estimate of drug-likeness (QED) is 0.826. The molecule has 0 saturated carbocycles. The zero-order valence-corrected chi connectivity index (χ0v) is 11.2. The molecule has 0 aromatic heterocycles. The van der Waals surface area contributed by atoms with Gasteiger partial charge in [-0.25, -0.2) is 22.0 Å². The van der Waals surface area contributed by atoms with Crippen molar-refractivity contribution in [1.82, 2.24) is 0 Å². The molecule has 1 rings (SSSR count). The third kappa shape index (κ3) is 4.16. The molecule has 0 saturated heterocycles. The molecule has 8 heteroatoms. The minimum atomic E-state index is -3.20.